The number of benzene rings is 2. The molecule has 5 heteroatoms. The Balaban J connectivity index is 1.74. The molecule has 0 fully saturated rings. The van der Waals surface area contributed by atoms with Gasteiger partial charge in [0.15, 0.2) is 0 Å². The molecule has 25 heavy (non-hydrogen) atoms. The number of hydrogen-bond acceptors (Lipinski definition) is 3. The van der Waals surface area contributed by atoms with Gasteiger partial charge in [0.2, 0.25) is 0 Å². The van der Waals surface area contributed by atoms with E-state index < -0.39 is 12.1 Å². The van der Waals surface area contributed by atoms with Crippen LogP contribution < -0.4 is 5.32 Å². The van der Waals surface area contributed by atoms with Crippen molar-refractivity contribution in [3.63, 3.8) is 0 Å². The highest BCUT2D eigenvalue weighted by atomic mass is 19.1. The van der Waals surface area contributed by atoms with Gasteiger partial charge in [0.1, 0.15) is 5.82 Å². The molecule has 4 nitrogen and oxygen atoms in total. The van der Waals surface area contributed by atoms with Gasteiger partial charge in [-0.25, -0.2) is 4.39 Å². The first-order valence-electron chi connectivity index (χ1n) is 8.06. The van der Waals surface area contributed by atoms with Gasteiger partial charge in [0, 0.05) is 16.6 Å². The van der Waals surface area contributed by atoms with Crippen LogP contribution in [0.1, 0.15) is 34.6 Å². The molecule has 2 aromatic carbocycles. The number of aryl methyl sites for hydroxylation is 1. The molecule has 0 aliphatic heterocycles. The van der Waals surface area contributed by atoms with Crippen LogP contribution in [0.4, 0.5) is 4.39 Å². The highest BCUT2D eigenvalue weighted by molar-refractivity contribution is 5.98. The maximum atomic E-state index is 13.0. The van der Waals surface area contributed by atoms with Crippen LogP contribution >= 0.6 is 0 Å². The molecule has 2 unspecified atom stereocenters. The van der Waals surface area contributed by atoms with Crippen LogP contribution in [-0.2, 0) is 0 Å². The minimum atomic E-state index is -0.922. The first-order chi connectivity index (χ1) is 11.9. The molecule has 0 aliphatic carbocycles. The summed E-state index contributed by atoms with van der Waals surface area (Å²) in [5.74, 6) is -0.649. The average Bonchev–Trinajstić information content (AvgIpc) is 2.61. The lowest BCUT2D eigenvalue weighted by Gasteiger charge is -2.20. The smallest absolute Gasteiger partial charge is 0.251 e. The first kappa shape index (κ1) is 17.0. The van der Waals surface area contributed by atoms with Crippen molar-refractivity contribution in [2.24, 2.45) is 0 Å². The van der Waals surface area contributed by atoms with Gasteiger partial charge in [-0.15, -0.1) is 0 Å². The number of carbonyl (C=O) groups excluding carboxylic acids is 1. The van der Waals surface area contributed by atoms with Crippen LogP contribution in [-0.4, -0.2) is 22.0 Å². The number of rotatable bonds is 4. The zero-order valence-corrected chi connectivity index (χ0v) is 14.0. The Hall–Kier alpha value is -2.79. The van der Waals surface area contributed by atoms with Crippen molar-refractivity contribution < 1.29 is 14.3 Å². The van der Waals surface area contributed by atoms with E-state index in [0.717, 1.165) is 16.6 Å². The number of pyridine rings is 1. The average molecular weight is 338 g/mol. The summed E-state index contributed by atoms with van der Waals surface area (Å²) in [5.41, 5.74) is 2.79. The Kier molecular flexibility index (Phi) is 4.76. The third-order valence-corrected chi connectivity index (χ3v) is 4.13. The van der Waals surface area contributed by atoms with Crippen LogP contribution in [0.15, 0.2) is 54.6 Å². The fourth-order valence-corrected chi connectivity index (χ4v) is 2.69. The lowest BCUT2D eigenvalue weighted by atomic mass is 10.0. The van der Waals surface area contributed by atoms with E-state index in [1.165, 1.54) is 24.3 Å². The third-order valence-electron chi connectivity index (χ3n) is 4.13. The van der Waals surface area contributed by atoms with Crippen LogP contribution in [0.25, 0.3) is 10.9 Å². The molecule has 0 radical (unpaired) electrons. The fraction of sp³-hybridized carbons (Fsp3) is 0.200. The second-order valence-corrected chi connectivity index (χ2v) is 6.12. The Bertz CT molecular complexity index is 909. The SMILES string of the molecule is Cc1ccc2cc(C(=O)NC(C)C(O)c3ccc(F)cc3)ccc2n1. The number of nitrogens with zero attached hydrogens (tertiary/aromatic N) is 1. The number of aliphatic hydroxyl groups is 1. The number of aromatic nitrogens is 1. The second-order valence-electron chi connectivity index (χ2n) is 6.12. The number of fused-ring (bicyclic) bond motifs is 1. The Labute approximate surface area is 145 Å². The molecule has 2 N–H and O–H groups in total. The van der Waals surface area contributed by atoms with Crippen molar-refractivity contribution >= 4 is 16.8 Å². The monoisotopic (exact) mass is 338 g/mol. The van der Waals surface area contributed by atoms with Gasteiger partial charge in [0.25, 0.3) is 5.91 Å². The molecule has 2 atom stereocenters. The molecule has 3 aromatic rings. The zero-order chi connectivity index (χ0) is 18.0. The van der Waals surface area contributed by atoms with Crippen LogP contribution in [0, 0.1) is 12.7 Å². The van der Waals surface area contributed by atoms with Gasteiger partial charge >= 0.3 is 0 Å². The van der Waals surface area contributed by atoms with E-state index >= 15 is 0 Å². The van der Waals surface area contributed by atoms with Crippen molar-refractivity contribution in [1.82, 2.24) is 10.3 Å². The minimum absolute atomic E-state index is 0.281. The van der Waals surface area contributed by atoms with E-state index in [0.29, 0.717) is 11.1 Å². The van der Waals surface area contributed by atoms with Gasteiger partial charge in [-0.3, -0.25) is 9.78 Å². The van der Waals surface area contributed by atoms with E-state index in [2.05, 4.69) is 10.3 Å². The summed E-state index contributed by atoms with van der Waals surface area (Å²) in [6.45, 7) is 3.62. The maximum Gasteiger partial charge on any atom is 0.251 e. The highest BCUT2D eigenvalue weighted by Crippen LogP contribution is 2.19. The predicted molar refractivity (Wildman–Crippen MR) is 94.8 cm³/mol. The van der Waals surface area contributed by atoms with Crippen molar-refractivity contribution in [2.45, 2.75) is 26.0 Å². The number of aliphatic hydroxyl groups excluding tert-OH is 1. The quantitative estimate of drug-likeness (QED) is 0.765. The van der Waals surface area contributed by atoms with Crippen LogP contribution in [0.5, 0.6) is 0 Å². The van der Waals surface area contributed by atoms with E-state index in [1.54, 1.807) is 25.1 Å². The Morgan fingerprint density at radius 2 is 1.84 bits per heavy atom. The van der Waals surface area contributed by atoms with Crippen molar-refractivity contribution in [1.29, 1.82) is 0 Å². The van der Waals surface area contributed by atoms with Crippen LogP contribution in [0.3, 0.4) is 0 Å². The highest BCUT2D eigenvalue weighted by Gasteiger charge is 2.19. The number of nitrogens with one attached hydrogen (secondary N) is 1. The standard InChI is InChI=1S/C20H19FN2O2/c1-12-3-4-15-11-16(7-10-18(15)22-12)20(25)23-13(2)19(24)14-5-8-17(21)9-6-14/h3-11,13,19,24H,1-2H3,(H,23,25). The van der Waals surface area contributed by atoms with Crippen molar-refractivity contribution in [2.75, 3.05) is 0 Å². The maximum absolute atomic E-state index is 13.0. The molecule has 3 rings (SSSR count). The molecule has 1 amide bonds. The lowest BCUT2D eigenvalue weighted by molar-refractivity contribution is 0.0852. The third kappa shape index (κ3) is 3.83. The molecular formula is C20H19FN2O2. The number of halogens is 1. The van der Waals surface area contributed by atoms with E-state index in [4.69, 9.17) is 0 Å². The predicted octanol–water partition coefficient (Wildman–Crippen LogP) is 3.53. The van der Waals surface area contributed by atoms with E-state index in [1.807, 2.05) is 19.1 Å². The lowest BCUT2D eigenvalue weighted by Crippen LogP contribution is -2.37. The summed E-state index contributed by atoms with van der Waals surface area (Å²) in [6, 6.07) is 14.2. The molecule has 0 spiro atoms. The number of hydrogen-bond donors (Lipinski definition) is 2. The molecule has 1 heterocycles. The van der Waals surface area contributed by atoms with E-state index in [-0.39, 0.29) is 11.7 Å². The largest absolute Gasteiger partial charge is 0.386 e. The Morgan fingerprint density at radius 1 is 1.12 bits per heavy atom. The summed E-state index contributed by atoms with van der Waals surface area (Å²) >= 11 is 0. The first-order valence-corrected chi connectivity index (χ1v) is 8.06. The van der Waals surface area contributed by atoms with Crippen molar-refractivity contribution in [3.8, 4) is 0 Å². The van der Waals surface area contributed by atoms with Crippen molar-refractivity contribution in [3.05, 3.63) is 77.2 Å². The topological polar surface area (TPSA) is 62.2 Å². The summed E-state index contributed by atoms with van der Waals surface area (Å²) in [5, 5.41) is 14.0. The van der Waals surface area contributed by atoms with E-state index in [9.17, 15) is 14.3 Å². The molecule has 0 saturated carbocycles. The van der Waals surface area contributed by atoms with Gasteiger partial charge in [0.05, 0.1) is 17.7 Å². The zero-order valence-electron chi connectivity index (χ0n) is 14.0. The molecular weight excluding hydrogens is 319 g/mol. The van der Waals surface area contributed by atoms with Gasteiger partial charge in [-0.05, 0) is 55.8 Å². The normalized spacial score (nSPS) is 13.4. The fourth-order valence-electron chi connectivity index (χ4n) is 2.69. The number of amides is 1. The summed E-state index contributed by atoms with van der Waals surface area (Å²) in [6.07, 6.45) is -0.922. The van der Waals surface area contributed by atoms with Crippen LogP contribution in [0.2, 0.25) is 0 Å². The van der Waals surface area contributed by atoms with Gasteiger partial charge < -0.3 is 10.4 Å². The molecule has 1 aromatic heterocycles. The molecule has 0 aliphatic rings. The summed E-state index contributed by atoms with van der Waals surface area (Å²) < 4.78 is 13.0. The second kappa shape index (κ2) is 6.99. The van der Waals surface area contributed by atoms with Gasteiger partial charge in [-0.2, -0.15) is 0 Å². The summed E-state index contributed by atoms with van der Waals surface area (Å²) in [7, 11) is 0. The summed E-state index contributed by atoms with van der Waals surface area (Å²) in [4.78, 5) is 16.9. The van der Waals surface area contributed by atoms with Gasteiger partial charge in [-0.1, -0.05) is 18.2 Å². The Morgan fingerprint density at radius 3 is 2.56 bits per heavy atom. The molecule has 0 bridgehead atoms. The number of carbonyl (C=O) groups is 1. The minimum Gasteiger partial charge on any atom is -0.386 e. The molecule has 128 valence electrons. The molecule has 0 saturated heterocycles.